The minimum absolute atomic E-state index is 0.0815. The normalized spacial score (nSPS) is 15.2. The van der Waals surface area contributed by atoms with Crippen molar-refractivity contribution < 1.29 is 9.59 Å². The van der Waals surface area contributed by atoms with Gasteiger partial charge in [-0.25, -0.2) is 0 Å². The van der Waals surface area contributed by atoms with Crippen LogP contribution < -0.4 is 0 Å². The highest BCUT2D eigenvalue weighted by Crippen LogP contribution is 2.17. The molecule has 1 aliphatic carbocycles. The molecule has 0 aromatic carbocycles. The maximum atomic E-state index is 12.0. The lowest BCUT2D eigenvalue weighted by Crippen LogP contribution is -2.12. The minimum atomic E-state index is -0.125. The van der Waals surface area contributed by atoms with E-state index in [9.17, 15) is 9.59 Å². The molecule has 1 rings (SSSR count). The van der Waals surface area contributed by atoms with Gasteiger partial charge >= 0.3 is 0 Å². The van der Waals surface area contributed by atoms with Gasteiger partial charge in [-0.2, -0.15) is 0 Å². The van der Waals surface area contributed by atoms with Gasteiger partial charge in [-0.1, -0.05) is 23.3 Å². The van der Waals surface area contributed by atoms with Crippen LogP contribution in [0.4, 0.5) is 0 Å². The first-order valence-corrected chi connectivity index (χ1v) is 5.22. The maximum Gasteiger partial charge on any atom is 0.193 e. The van der Waals surface area contributed by atoms with E-state index in [0.29, 0.717) is 11.1 Å². The fourth-order valence-electron chi connectivity index (χ4n) is 1.48. The van der Waals surface area contributed by atoms with Crippen molar-refractivity contribution in [2.75, 3.05) is 0 Å². The Morgan fingerprint density at radius 3 is 1.56 bits per heavy atom. The molecule has 0 fully saturated rings. The smallest absolute Gasteiger partial charge is 0.193 e. The second-order valence-corrected chi connectivity index (χ2v) is 4.37. The molecule has 0 spiro atoms. The van der Waals surface area contributed by atoms with E-state index < -0.39 is 0 Å². The summed E-state index contributed by atoms with van der Waals surface area (Å²) in [6, 6.07) is 0. The van der Waals surface area contributed by atoms with Crippen molar-refractivity contribution in [1.29, 1.82) is 0 Å². The van der Waals surface area contributed by atoms with Crippen LogP contribution in [-0.4, -0.2) is 11.6 Å². The fourth-order valence-corrected chi connectivity index (χ4v) is 1.48. The van der Waals surface area contributed by atoms with Crippen LogP contribution in [0.1, 0.15) is 27.7 Å². The molecule has 2 heteroatoms. The van der Waals surface area contributed by atoms with E-state index in [0.717, 1.165) is 11.1 Å². The molecule has 0 aromatic heterocycles. The third-order valence-corrected chi connectivity index (χ3v) is 2.01. The van der Waals surface area contributed by atoms with Gasteiger partial charge in [0.2, 0.25) is 0 Å². The van der Waals surface area contributed by atoms with E-state index in [1.165, 1.54) is 12.2 Å². The lowest BCUT2D eigenvalue weighted by atomic mass is 9.93. The molecule has 0 aliphatic heterocycles. The van der Waals surface area contributed by atoms with Gasteiger partial charge < -0.3 is 0 Å². The molecule has 2 nitrogen and oxygen atoms in total. The van der Waals surface area contributed by atoms with Gasteiger partial charge in [0.05, 0.1) is 0 Å². The maximum absolute atomic E-state index is 12.0. The molecule has 0 atom stereocenters. The van der Waals surface area contributed by atoms with Crippen molar-refractivity contribution in [2.24, 2.45) is 0 Å². The largest absolute Gasteiger partial charge is 0.290 e. The summed E-state index contributed by atoms with van der Waals surface area (Å²) in [6.45, 7) is 7.60. The van der Waals surface area contributed by atoms with E-state index in [4.69, 9.17) is 0 Å². The number of carbonyl (C=O) groups is 2. The lowest BCUT2D eigenvalue weighted by molar-refractivity contribution is -0.114. The van der Waals surface area contributed by atoms with Crippen LogP contribution in [0.3, 0.4) is 0 Å². The van der Waals surface area contributed by atoms with Gasteiger partial charge in [-0.05, 0) is 39.8 Å². The molecule has 0 radical (unpaired) electrons. The summed E-state index contributed by atoms with van der Waals surface area (Å²) in [5, 5.41) is 0. The van der Waals surface area contributed by atoms with Crippen molar-refractivity contribution in [3.63, 3.8) is 0 Å². The Morgan fingerprint density at radius 1 is 0.875 bits per heavy atom. The number of ketones is 2. The molecule has 16 heavy (non-hydrogen) atoms. The highest BCUT2D eigenvalue weighted by molar-refractivity contribution is 6.22. The zero-order valence-corrected chi connectivity index (χ0v) is 10.1. The topological polar surface area (TPSA) is 34.1 Å². The number of rotatable bonds is 2. The standard InChI is InChI=1S/C14H16O2/c1-9(2)5-11-7-13(15)8-12(14(11)16)6-10(3)4/h5-8H,1-4H3. The number of hydrogen-bond acceptors (Lipinski definition) is 2. The van der Waals surface area contributed by atoms with E-state index in [1.807, 2.05) is 27.7 Å². The third-order valence-electron chi connectivity index (χ3n) is 2.01. The molecule has 0 saturated heterocycles. The van der Waals surface area contributed by atoms with E-state index in [2.05, 4.69) is 0 Å². The predicted octanol–water partition coefficient (Wildman–Crippen LogP) is 2.92. The van der Waals surface area contributed by atoms with Crippen LogP contribution in [0.25, 0.3) is 0 Å². The van der Waals surface area contributed by atoms with E-state index in [-0.39, 0.29) is 11.6 Å². The van der Waals surface area contributed by atoms with Crippen LogP contribution in [-0.2, 0) is 9.59 Å². The van der Waals surface area contributed by atoms with Crippen LogP contribution in [0.5, 0.6) is 0 Å². The number of allylic oxidation sites excluding steroid dienone is 8. The summed E-state index contributed by atoms with van der Waals surface area (Å²) in [5.41, 5.74) is 2.96. The van der Waals surface area contributed by atoms with Crippen LogP contribution >= 0.6 is 0 Å². The van der Waals surface area contributed by atoms with Crippen LogP contribution in [0.2, 0.25) is 0 Å². The zero-order chi connectivity index (χ0) is 12.3. The van der Waals surface area contributed by atoms with Crippen molar-refractivity contribution in [3.05, 3.63) is 46.6 Å². The molecule has 84 valence electrons. The first kappa shape index (κ1) is 12.4. The highest BCUT2D eigenvalue weighted by atomic mass is 16.1. The quantitative estimate of drug-likeness (QED) is 0.665. The predicted molar refractivity (Wildman–Crippen MR) is 65.0 cm³/mol. The second kappa shape index (κ2) is 4.88. The summed E-state index contributed by atoms with van der Waals surface area (Å²) < 4.78 is 0. The van der Waals surface area contributed by atoms with Gasteiger partial charge in [0, 0.05) is 11.1 Å². The van der Waals surface area contributed by atoms with Crippen LogP contribution in [0, 0.1) is 0 Å². The molecule has 0 N–H and O–H groups in total. The van der Waals surface area contributed by atoms with Crippen molar-refractivity contribution in [2.45, 2.75) is 27.7 Å². The lowest BCUT2D eigenvalue weighted by Gasteiger charge is -2.08. The molecule has 1 aliphatic rings. The third kappa shape index (κ3) is 3.16. The van der Waals surface area contributed by atoms with E-state index in [1.54, 1.807) is 12.2 Å². The summed E-state index contributed by atoms with van der Waals surface area (Å²) in [7, 11) is 0. The molecular weight excluding hydrogens is 200 g/mol. The summed E-state index contributed by atoms with van der Waals surface area (Å²) >= 11 is 0. The SMILES string of the molecule is CC(C)=CC1=CC(=O)C=C(C=C(C)C)C1=O. The molecule has 0 aromatic rings. The van der Waals surface area contributed by atoms with Crippen LogP contribution in [0.15, 0.2) is 46.6 Å². The van der Waals surface area contributed by atoms with Gasteiger partial charge in [0.25, 0.3) is 0 Å². The van der Waals surface area contributed by atoms with Crippen molar-refractivity contribution in [3.8, 4) is 0 Å². The summed E-state index contributed by atoms with van der Waals surface area (Å²) in [6.07, 6.45) is 6.26. The Morgan fingerprint density at radius 2 is 1.25 bits per heavy atom. The summed E-state index contributed by atoms with van der Waals surface area (Å²) in [5.74, 6) is -0.207. The molecular formula is C14H16O2. The Hall–Kier alpha value is -1.70. The highest BCUT2D eigenvalue weighted by Gasteiger charge is 2.18. The zero-order valence-electron chi connectivity index (χ0n) is 10.1. The molecule has 0 bridgehead atoms. The molecule has 0 saturated carbocycles. The molecule has 0 amide bonds. The Bertz CT molecular complexity index is 409. The average Bonchev–Trinajstić information content (AvgIpc) is 2.11. The number of hydrogen-bond donors (Lipinski definition) is 0. The molecule has 0 heterocycles. The molecule has 0 unspecified atom stereocenters. The average molecular weight is 216 g/mol. The minimum Gasteiger partial charge on any atom is -0.290 e. The van der Waals surface area contributed by atoms with Gasteiger partial charge in [-0.15, -0.1) is 0 Å². The first-order valence-electron chi connectivity index (χ1n) is 5.22. The van der Waals surface area contributed by atoms with Crippen molar-refractivity contribution in [1.82, 2.24) is 0 Å². The Labute approximate surface area is 96.0 Å². The van der Waals surface area contributed by atoms with E-state index >= 15 is 0 Å². The van der Waals surface area contributed by atoms with Gasteiger partial charge in [-0.3, -0.25) is 9.59 Å². The Balaban J connectivity index is 3.13. The van der Waals surface area contributed by atoms with Gasteiger partial charge in [0.15, 0.2) is 11.6 Å². The Kier molecular flexibility index (Phi) is 3.78. The van der Waals surface area contributed by atoms with Crippen molar-refractivity contribution >= 4 is 11.6 Å². The fraction of sp³-hybridized carbons (Fsp3) is 0.286. The summed E-state index contributed by atoms with van der Waals surface area (Å²) in [4.78, 5) is 23.4. The second-order valence-electron chi connectivity index (χ2n) is 4.37. The number of Topliss-reactive ketones (excluding diaryl/α,β-unsaturated/α-hetero) is 1. The number of carbonyl (C=O) groups excluding carboxylic acids is 2. The van der Waals surface area contributed by atoms with Gasteiger partial charge in [0.1, 0.15) is 0 Å². The monoisotopic (exact) mass is 216 g/mol. The first-order chi connectivity index (χ1) is 7.40.